The number of rotatable bonds is 6. The second-order valence-electron chi connectivity index (χ2n) is 5.93. The summed E-state index contributed by atoms with van der Waals surface area (Å²) in [4.78, 5) is 15.6. The lowest BCUT2D eigenvalue weighted by Crippen LogP contribution is -2.36. The van der Waals surface area contributed by atoms with E-state index in [-0.39, 0.29) is 11.9 Å². The Labute approximate surface area is 152 Å². The molecule has 3 rings (SSSR count). The SMILES string of the molecule is CN(C)[C@H](CNC(=O)C1=C(c2ccccc2)SCCO1)c1ccco1. The summed E-state index contributed by atoms with van der Waals surface area (Å²) in [7, 11) is 3.92. The van der Waals surface area contributed by atoms with Crippen molar-refractivity contribution < 1.29 is 13.9 Å². The number of thioether (sulfide) groups is 1. The molecule has 1 aromatic heterocycles. The van der Waals surface area contributed by atoms with E-state index in [0.717, 1.165) is 22.0 Å². The van der Waals surface area contributed by atoms with Gasteiger partial charge in [-0.1, -0.05) is 30.3 Å². The van der Waals surface area contributed by atoms with Gasteiger partial charge in [-0.15, -0.1) is 11.8 Å². The highest BCUT2D eigenvalue weighted by Crippen LogP contribution is 2.34. The zero-order valence-corrected chi connectivity index (χ0v) is 15.2. The topological polar surface area (TPSA) is 54.7 Å². The van der Waals surface area contributed by atoms with Crippen LogP contribution >= 0.6 is 11.8 Å². The molecule has 1 atom stereocenters. The van der Waals surface area contributed by atoms with Gasteiger partial charge in [0, 0.05) is 12.3 Å². The molecule has 2 heterocycles. The van der Waals surface area contributed by atoms with Crippen LogP contribution in [0.25, 0.3) is 4.91 Å². The minimum Gasteiger partial charge on any atom is -0.486 e. The molecule has 0 aliphatic carbocycles. The van der Waals surface area contributed by atoms with Gasteiger partial charge in [-0.3, -0.25) is 9.69 Å². The molecule has 1 amide bonds. The van der Waals surface area contributed by atoms with Crippen LogP contribution in [0.15, 0.2) is 58.9 Å². The van der Waals surface area contributed by atoms with E-state index in [2.05, 4.69) is 5.32 Å². The van der Waals surface area contributed by atoms with Crippen LogP contribution in [0.1, 0.15) is 17.4 Å². The van der Waals surface area contributed by atoms with Crippen molar-refractivity contribution in [1.29, 1.82) is 0 Å². The van der Waals surface area contributed by atoms with Crippen molar-refractivity contribution in [1.82, 2.24) is 10.2 Å². The quantitative estimate of drug-likeness (QED) is 0.860. The number of ether oxygens (including phenoxy) is 1. The van der Waals surface area contributed by atoms with E-state index in [9.17, 15) is 4.79 Å². The van der Waals surface area contributed by atoms with Gasteiger partial charge in [0.1, 0.15) is 5.76 Å². The summed E-state index contributed by atoms with van der Waals surface area (Å²) in [5.41, 5.74) is 1.01. The van der Waals surface area contributed by atoms with Gasteiger partial charge in [0.05, 0.1) is 23.8 Å². The zero-order valence-electron chi connectivity index (χ0n) is 14.4. The van der Waals surface area contributed by atoms with Crippen LogP contribution in [0.3, 0.4) is 0 Å². The number of nitrogens with one attached hydrogen (secondary N) is 1. The molecule has 1 N–H and O–H groups in total. The average Bonchev–Trinajstić information content (AvgIpc) is 3.16. The van der Waals surface area contributed by atoms with Gasteiger partial charge in [-0.25, -0.2) is 0 Å². The third kappa shape index (κ3) is 4.27. The Kier molecular flexibility index (Phi) is 5.83. The molecule has 0 unspecified atom stereocenters. The number of likely N-dealkylation sites (N-methyl/N-ethyl adjacent to an activating group) is 1. The Bertz CT molecular complexity index is 726. The van der Waals surface area contributed by atoms with E-state index < -0.39 is 0 Å². The Balaban J connectivity index is 1.75. The molecule has 6 heteroatoms. The van der Waals surface area contributed by atoms with Gasteiger partial charge in [-0.2, -0.15) is 0 Å². The van der Waals surface area contributed by atoms with Crippen molar-refractivity contribution >= 4 is 22.6 Å². The van der Waals surface area contributed by atoms with Crippen LogP contribution in [-0.2, 0) is 9.53 Å². The molecule has 1 aromatic carbocycles. The van der Waals surface area contributed by atoms with Crippen molar-refractivity contribution in [3.63, 3.8) is 0 Å². The Morgan fingerprint density at radius 2 is 2.04 bits per heavy atom. The fourth-order valence-electron chi connectivity index (χ4n) is 2.68. The van der Waals surface area contributed by atoms with E-state index in [1.807, 2.05) is 61.5 Å². The molecule has 1 aliphatic heterocycles. The molecule has 0 fully saturated rings. The first-order valence-corrected chi connectivity index (χ1v) is 9.18. The molecule has 132 valence electrons. The first kappa shape index (κ1) is 17.6. The average molecular weight is 358 g/mol. The number of furan rings is 1. The van der Waals surface area contributed by atoms with Gasteiger partial charge >= 0.3 is 0 Å². The monoisotopic (exact) mass is 358 g/mol. The summed E-state index contributed by atoms with van der Waals surface area (Å²) >= 11 is 1.66. The third-order valence-corrected chi connectivity index (χ3v) is 5.06. The van der Waals surface area contributed by atoms with Crippen LogP contribution in [-0.4, -0.2) is 43.8 Å². The van der Waals surface area contributed by atoms with Gasteiger partial charge < -0.3 is 14.5 Å². The number of carbonyl (C=O) groups is 1. The minimum atomic E-state index is -0.190. The van der Waals surface area contributed by atoms with E-state index in [0.29, 0.717) is 18.9 Å². The summed E-state index contributed by atoms with van der Waals surface area (Å²) in [6, 6.07) is 13.6. The van der Waals surface area contributed by atoms with Crippen LogP contribution in [0.4, 0.5) is 0 Å². The normalized spacial score (nSPS) is 15.8. The first-order chi connectivity index (χ1) is 12.2. The maximum Gasteiger partial charge on any atom is 0.287 e. The van der Waals surface area contributed by atoms with Crippen molar-refractivity contribution in [3.05, 3.63) is 65.8 Å². The Morgan fingerprint density at radius 1 is 1.24 bits per heavy atom. The third-order valence-electron chi connectivity index (χ3n) is 3.98. The maximum atomic E-state index is 12.7. The molecule has 0 saturated heterocycles. The van der Waals surface area contributed by atoms with E-state index in [1.54, 1.807) is 18.0 Å². The zero-order chi connectivity index (χ0) is 17.6. The molecule has 25 heavy (non-hydrogen) atoms. The lowest BCUT2D eigenvalue weighted by molar-refractivity contribution is -0.121. The number of nitrogens with zero attached hydrogens (tertiary/aromatic N) is 1. The van der Waals surface area contributed by atoms with Crippen molar-refractivity contribution in [3.8, 4) is 0 Å². The molecule has 1 aliphatic rings. The van der Waals surface area contributed by atoms with Gasteiger partial charge in [0.2, 0.25) is 0 Å². The summed E-state index contributed by atoms with van der Waals surface area (Å²) in [5.74, 6) is 1.87. The van der Waals surface area contributed by atoms with E-state index >= 15 is 0 Å². The highest BCUT2D eigenvalue weighted by atomic mass is 32.2. The van der Waals surface area contributed by atoms with Crippen LogP contribution < -0.4 is 5.32 Å². The number of hydrogen-bond acceptors (Lipinski definition) is 5. The van der Waals surface area contributed by atoms with Crippen molar-refractivity contribution in [2.75, 3.05) is 33.0 Å². The first-order valence-electron chi connectivity index (χ1n) is 8.20. The lowest BCUT2D eigenvalue weighted by Gasteiger charge is -2.24. The number of hydrogen-bond donors (Lipinski definition) is 1. The van der Waals surface area contributed by atoms with Crippen molar-refractivity contribution in [2.45, 2.75) is 6.04 Å². The van der Waals surface area contributed by atoms with Crippen molar-refractivity contribution in [2.24, 2.45) is 0 Å². The molecular formula is C19H22N2O3S. The lowest BCUT2D eigenvalue weighted by atomic mass is 10.2. The van der Waals surface area contributed by atoms with Gasteiger partial charge in [-0.05, 0) is 31.8 Å². The molecule has 0 bridgehead atoms. The summed E-state index contributed by atoms with van der Waals surface area (Å²) in [5, 5.41) is 2.99. The fraction of sp³-hybridized carbons (Fsp3) is 0.316. The van der Waals surface area contributed by atoms with Crippen LogP contribution in [0, 0.1) is 0 Å². The van der Waals surface area contributed by atoms with E-state index in [1.165, 1.54) is 0 Å². The van der Waals surface area contributed by atoms with E-state index in [4.69, 9.17) is 9.15 Å². The fourth-order valence-corrected chi connectivity index (χ4v) is 3.64. The summed E-state index contributed by atoms with van der Waals surface area (Å²) < 4.78 is 11.2. The highest BCUT2D eigenvalue weighted by molar-refractivity contribution is 8.08. The highest BCUT2D eigenvalue weighted by Gasteiger charge is 2.25. The molecule has 0 radical (unpaired) electrons. The second kappa shape index (κ2) is 8.27. The summed E-state index contributed by atoms with van der Waals surface area (Å²) in [6.45, 7) is 0.984. The molecular weight excluding hydrogens is 336 g/mol. The predicted octanol–water partition coefficient (Wildman–Crippen LogP) is 3.13. The summed E-state index contributed by atoms with van der Waals surface area (Å²) in [6.07, 6.45) is 1.64. The smallest absolute Gasteiger partial charge is 0.287 e. The minimum absolute atomic E-state index is 0.0315. The molecule has 5 nitrogen and oxygen atoms in total. The van der Waals surface area contributed by atoms with Gasteiger partial charge in [0.25, 0.3) is 5.91 Å². The second-order valence-corrected chi connectivity index (χ2v) is 7.03. The molecule has 0 spiro atoms. The number of carbonyl (C=O) groups excluding carboxylic acids is 1. The maximum absolute atomic E-state index is 12.7. The van der Waals surface area contributed by atoms with Crippen LogP contribution in [0.5, 0.6) is 0 Å². The Hall–Kier alpha value is -2.18. The number of benzene rings is 1. The number of amides is 1. The molecule has 2 aromatic rings. The molecule has 0 saturated carbocycles. The van der Waals surface area contributed by atoms with Crippen LogP contribution in [0.2, 0.25) is 0 Å². The standard InChI is InChI=1S/C19H22N2O3S/c1-21(2)15(16-9-6-10-23-16)13-20-19(22)17-18(25-12-11-24-17)14-7-4-3-5-8-14/h3-10,15H,11-13H2,1-2H3,(H,20,22)/t15-/m1/s1. The van der Waals surface area contributed by atoms with Gasteiger partial charge in [0.15, 0.2) is 5.76 Å². The largest absolute Gasteiger partial charge is 0.486 e. The predicted molar refractivity (Wildman–Crippen MR) is 99.9 cm³/mol. The Morgan fingerprint density at radius 3 is 2.72 bits per heavy atom.